The third-order valence-corrected chi connectivity index (χ3v) is 4.76. The summed E-state index contributed by atoms with van der Waals surface area (Å²) in [4.78, 5) is 32.5. The van der Waals surface area contributed by atoms with Gasteiger partial charge in [0.15, 0.2) is 5.16 Å². The minimum Gasteiger partial charge on any atom is -0.366 e. The number of nitrogens with one attached hydrogen (secondary N) is 2. The summed E-state index contributed by atoms with van der Waals surface area (Å²) in [6, 6.07) is 16.1. The van der Waals surface area contributed by atoms with Crippen molar-refractivity contribution in [3.8, 4) is 0 Å². The molecule has 0 atom stereocenters. The molecule has 4 N–H and O–H groups in total. The average Bonchev–Trinajstić information content (AvgIpc) is 2.66. The topological polar surface area (TPSA) is 110 Å². The number of nitrogens with two attached hydrogens (primary N) is 1. The van der Waals surface area contributed by atoms with Gasteiger partial charge < -0.3 is 16.4 Å². The van der Waals surface area contributed by atoms with Crippen LogP contribution in [0.3, 0.4) is 0 Å². The molecular formula is C21H21N5O2S. The predicted octanol–water partition coefficient (Wildman–Crippen LogP) is 3.67. The van der Waals surface area contributed by atoms with Crippen LogP contribution in [0.5, 0.6) is 0 Å². The maximum Gasteiger partial charge on any atom is 0.250 e. The number of rotatable bonds is 7. The van der Waals surface area contributed by atoms with E-state index >= 15 is 0 Å². The van der Waals surface area contributed by atoms with E-state index in [1.165, 1.54) is 11.8 Å². The summed E-state index contributed by atoms with van der Waals surface area (Å²) in [6.45, 7) is 3.79. The molecule has 0 unspecified atom stereocenters. The second kappa shape index (κ2) is 9.20. The third-order valence-electron chi connectivity index (χ3n) is 3.91. The van der Waals surface area contributed by atoms with Crippen LogP contribution in [-0.2, 0) is 4.79 Å². The molecule has 29 heavy (non-hydrogen) atoms. The Bertz CT molecular complexity index is 1030. The van der Waals surface area contributed by atoms with E-state index in [9.17, 15) is 9.59 Å². The molecule has 0 spiro atoms. The number of thioether (sulfide) groups is 1. The van der Waals surface area contributed by atoms with Gasteiger partial charge in [-0.15, -0.1) is 0 Å². The Morgan fingerprint density at radius 3 is 2.38 bits per heavy atom. The first-order chi connectivity index (χ1) is 13.9. The van der Waals surface area contributed by atoms with Crippen LogP contribution < -0.4 is 16.4 Å². The minimum absolute atomic E-state index is 0.160. The molecule has 7 nitrogen and oxygen atoms in total. The number of carbonyl (C=O) groups is 2. The number of benzene rings is 2. The van der Waals surface area contributed by atoms with Gasteiger partial charge in [0.2, 0.25) is 5.91 Å². The van der Waals surface area contributed by atoms with Crippen molar-refractivity contribution in [3.63, 3.8) is 0 Å². The molecule has 8 heteroatoms. The van der Waals surface area contributed by atoms with Crippen molar-refractivity contribution >= 4 is 40.6 Å². The van der Waals surface area contributed by atoms with Crippen LogP contribution in [0.1, 0.15) is 21.7 Å². The number of hydrogen-bond acceptors (Lipinski definition) is 6. The smallest absolute Gasteiger partial charge is 0.250 e. The van der Waals surface area contributed by atoms with Crippen LogP contribution in [0.4, 0.5) is 17.1 Å². The van der Waals surface area contributed by atoms with Gasteiger partial charge in [0.1, 0.15) is 0 Å². The van der Waals surface area contributed by atoms with E-state index in [-0.39, 0.29) is 11.7 Å². The average molecular weight is 407 g/mol. The molecule has 0 saturated carbocycles. The standard InChI is InChI=1S/C21H21N5O2S/c1-13-10-14(2)24-21(23-13)29-12-19(27)26-16-7-5-6-15(11-16)25-18-9-4-3-8-17(18)20(22)28/h3-11,25H,12H2,1-2H3,(H2,22,28)(H,26,27). The Morgan fingerprint density at radius 1 is 0.966 bits per heavy atom. The lowest BCUT2D eigenvalue weighted by molar-refractivity contribution is -0.113. The highest BCUT2D eigenvalue weighted by Gasteiger charge is 2.09. The lowest BCUT2D eigenvalue weighted by atomic mass is 10.1. The zero-order valence-corrected chi connectivity index (χ0v) is 16.9. The zero-order chi connectivity index (χ0) is 20.8. The fraction of sp³-hybridized carbons (Fsp3) is 0.143. The van der Waals surface area contributed by atoms with E-state index in [1.54, 1.807) is 30.3 Å². The molecule has 2 amide bonds. The van der Waals surface area contributed by atoms with Crippen LogP contribution in [0.2, 0.25) is 0 Å². The van der Waals surface area contributed by atoms with E-state index in [0.717, 1.165) is 17.1 Å². The number of aromatic nitrogens is 2. The zero-order valence-electron chi connectivity index (χ0n) is 16.1. The van der Waals surface area contributed by atoms with Gasteiger partial charge in [0, 0.05) is 22.8 Å². The van der Waals surface area contributed by atoms with E-state index in [4.69, 9.17) is 5.73 Å². The molecule has 0 fully saturated rings. The number of amides is 2. The van der Waals surface area contributed by atoms with Crippen molar-refractivity contribution in [1.82, 2.24) is 9.97 Å². The molecule has 0 bridgehead atoms. The Kier molecular flexibility index (Phi) is 6.46. The molecular weight excluding hydrogens is 386 g/mol. The summed E-state index contributed by atoms with van der Waals surface area (Å²) in [5.41, 5.74) is 9.52. The lowest BCUT2D eigenvalue weighted by Gasteiger charge is -2.12. The highest BCUT2D eigenvalue weighted by Crippen LogP contribution is 2.23. The summed E-state index contributed by atoms with van der Waals surface area (Å²) < 4.78 is 0. The molecule has 0 aliphatic heterocycles. The van der Waals surface area contributed by atoms with Crippen molar-refractivity contribution in [2.24, 2.45) is 5.73 Å². The largest absolute Gasteiger partial charge is 0.366 e. The molecule has 0 saturated heterocycles. The van der Waals surface area contributed by atoms with Crippen LogP contribution in [0, 0.1) is 13.8 Å². The molecule has 0 aliphatic carbocycles. The lowest BCUT2D eigenvalue weighted by Crippen LogP contribution is -2.15. The SMILES string of the molecule is Cc1cc(C)nc(SCC(=O)Nc2cccc(Nc3ccccc3C(N)=O)c2)n1. The first kappa shape index (κ1) is 20.3. The molecule has 148 valence electrons. The quantitative estimate of drug-likeness (QED) is 0.407. The molecule has 3 rings (SSSR count). The first-order valence-corrected chi connectivity index (χ1v) is 9.90. The normalized spacial score (nSPS) is 10.4. The molecule has 0 radical (unpaired) electrons. The fourth-order valence-corrected chi connectivity index (χ4v) is 3.47. The Hall–Kier alpha value is -3.39. The Morgan fingerprint density at radius 2 is 1.66 bits per heavy atom. The predicted molar refractivity (Wildman–Crippen MR) is 116 cm³/mol. The van der Waals surface area contributed by atoms with Crippen LogP contribution >= 0.6 is 11.8 Å². The summed E-state index contributed by atoms with van der Waals surface area (Å²) >= 11 is 1.29. The van der Waals surface area contributed by atoms with Crippen LogP contribution in [0.15, 0.2) is 59.8 Å². The molecule has 1 heterocycles. The van der Waals surface area contributed by atoms with Gasteiger partial charge in [0.05, 0.1) is 17.0 Å². The minimum atomic E-state index is -0.511. The van der Waals surface area contributed by atoms with E-state index < -0.39 is 5.91 Å². The van der Waals surface area contributed by atoms with Gasteiger partial charge in [0.25, 0.3) is 5.91 Å². The first-order valence-electron chi connectivity index (χ1n) is 8.91. The second-order valence-electron chi connectivity index (χ2n) is 6.39. The van der Waals surface area contributed by atoms with E-state index in [0.29, 0.717) is 22.1 Å². The highest BCUT2D eigenvalue weighted by atomic mass is 32.2. The van der Waals surface area contributed by atoms with Gasteiger partial charge in [-0.25, -0.2) is 9.97 Å². The Balaban J connectivity index is 1.64. The Labute approximate surface area is 173 Å². The number of aryl methyl sites for hydroxylation is 2. The van der Waals surface area contributed by atoms with Gasteiger partial charge >= 0.3 is 0 Å². The van der Waals surface area contributed by atoms with Crippen LogP contribution in [0.25, 0.3) is 0 Å². The summed E-state index contributed by atoms with van der Waals surface area (Å²) in [5.74, 6) is -0.471. The molecule has 3 aromatic rings. The highest BCUT2D eigenvalue weighted by molar-refractivity contribution is 7.99. The van der Waals surface area contributed by atoms with Crippen molar-refractivity contribution in [1.29, 1.82) is 0 Å². The monoisotopic (exact) mass is 407 g/mol. The van der Waals surface area contributed by atoms with Gasteiger partial charge in [-0.2, -0.15) is 0 Å². The van der Waals surface area contributed by atoms with E-state index in [1.807, 2.05) is 38.1 Å². The third kappa shape index (κ3) is 5.79. The van der Waals surface area contributed by atoms with Gasteiger partial charge in [-0.05, 0) is 50.2 Å². The number of nitrogens with zero attached hydrogens (tertiary/aromatic N) is 2. The number of para-hydroxylation sites is 1. The van der Waals surface area contributed by atoms with Gasteiger partial charge in [-0.3, -0.25) is 9.59 Å². The van der Waals surface area contributed by atoms with E-state index in [2.05, 4.69) is 20.6 Å². The summed E-state index contributed by atoms with van der Waals surface area (Å²) in [7, 11) is 0. The second-order valence-corrected chi connectivity index (χ2v) is 7.33. The number of anilines is 3. The maximum absolute atomic E-state index is 12.3. The summed E-state index contributed by atoms with van der Waals surface area (Å²) in [6.07, 6.45) is 0. The number of primary amides is 1. The number of hydrogen-bond donors (Lipinski definition) is 3. The van der Waals surface area contributed by atoms with Crippen LogP contribution in [-0.4, -0.2) is 27.5 Å². The van der Waals surface area contributed by atoms with Crippen molar-refractivity contribution in [2.75, 3.05) is 16.4 Å². The van der Waals surface area contributed by atoms with Crippen molar-refractivity contribution < 1.29 is 9.59 Å². The van der Waals surface area contributed by atoms with Gasteiger partial charge in [-0.1, -0.05) is 30.0 Å². The summed E-state index contributed by atoms with van der Waals surface area (Å²) in [5, 5.41) is 6.60. The van der Waals surface area contributed by atoms with Crippen molar-refractivity contribution in [2.45, 2.75) is 19.0 Å². The molecule has 1 aromatic heterocycles. The maximum atomic E-state index is 12.3. The fourth-order valence-electron chi connectivity index (χ4n) is 2.72. The molecule has 0 aliphatic rings. The van der Waals surface area contributed by atoms with Crippen molar-refractivity contribution in [3.05, 3.63) is 71.5 Å². The number of carbonyl (C=O) groups excluding carboxylic acids is 2. The molecule has 2 aromatic carbocycles.